The first kappa shape index (κ1) is 26.5. The number of para-hydroxylation sites is 2. The standard InChI is InChI=1S/C29H36ClN5O3/c1-20(36)34-16-13-27-25(19-34)29(21-7-9-22(30)10-8-21)32-35(27)18-24(37)17-33-14-11-23(12-15-33)31-26-5-3-4-6-28(26)38-2/h3-10,23-24,31,37H,11-19H2,1-2H3. The average Bonchev–Trinajstić information content (AvgIpc) is 3.27. The van der Waals surface area contributed by atoms with Gasteiger partial charge in [-0.2, -0.15) is 5.10 Å². The van der Waals surface area contributed by atoms with Crippen molar-refractivity contribution in [2.45, 2.75) is 51.4 Å². The highest BCUT2D eigenvalue weighted by Crippen LogP contribution is 2.31. The fraction of sp³-hybridized carbons (Fsp3) is 0.448. The summed E-state index contributed by atoms with van der Waals surface area (Å²) in [7, 11) is 1.69. The third-order valence-corrected chi connectivity index (χ3v) is 7.86. The number of ether oxygens (including phenoxy) is 1. The Hall–Kier alpha value is -3.07. The van der Waals surface area contributed by atoms with Gasteiger partial charge in [-0.15, -0.1) is 0 Å². The second kappa shape index (κ2) is 11.8. The van der Waals surface area contributed by atoms with E-state index in [0.717, 1.165) is 66.3 Å². The number of benzene rings is 2. The lowest BCUT2D eigenvalue weighted by atomic mass is 10.0. The summed E-state index contributed by atoms with van der Waals surface area (Å²) in [6.45, 7) is 5.68. The van der Waals surface area contributed by atoms with E-state index >= 15 is 0 Å². The molecule has 1 atom stereocenters. The number of aromatic nitrogens is 2. The van der Waals surface area contributed by atoms with Gasteiger partial charge < -0.3 is 25.0 Å². The van der Waals surface area contributed by atoms with Crippen molar-refractivity contribution in [1.29, 1.82) is 0 Å². The first-order valence-electron chi connectivity index (χ1n) is 13.3. The topological polar surface area (TPSA) is 82.9 Å². The maximum atomic E-state index is 12.1. The van der Waals surface area contributed by atoms with Crippen LogP contribution in [0.2, 0.25) is 5.02 Å². The molecule has 8 nitrogen and oxygen atoms in total. The summed E-state index contributed by atoms with van der Waals surface area (Å²) in [5.41, 5.74) is 5.01. The van der Waals surface area contributed by atoms with Gasteiger partial charge in [0, 0.05) is 74.0 Å². The Morgan fingerprint density at radius 3 is 2.58 bits per heavy atom. The van der Waals surface area contributed by atoms with Crippen molar-refractivity contribution in [3.05, 3.63) is 64.8 Å². The summed E-state index contributed by atoms with van der Waals surface area (Å²) in [5, 5.41) is 20.3. The zero-order chi connectivity index (χ0) is 26.6. The van der Waals surface area contributed by atoms with Crippen molar-refractivity contribution in [2.75, 3.05) is 38.6 Å². The Kier molecular flexibility index (Phi) is 8.21. The monoisotopic (exact) mass is 537 g/mol. The molecule has 0 aliphatic carbocycles. The highest BCUT2D eigenvalue weighted by Gasteiger charge is 2.28. The number of amides is 1. The number of aliphatic hydroxyl groups excluding tert-OH is 1. The van der Waals surface area contributed by atoms with Gasteiger partial charge in [0.25, 0.3) is 0 Å². The molecule has 5 rings (SSSR count). The number of hydrogen-bond donors (Lipinski definition) is 2. The van der Waals surface area contributed by atoms with Gasteiger partial charge in [-0.05, 0) is 37.1 Å². The first-order chi connectivity index (χ1) is 18.4. The largest absolute Gasteiger partial charge is 0.495 e. The Morgan fingerprint density at radius 1 is 1.13 bits per heavy atom. The number of nitrogens with zero attached hydrogens (tertiary/aromatic N) is 4. The van der Waals surface area contributed by atoms with E-state index in [-0.39, 0.29) is 5.91 Å². The van der Waals surface area contributed by atoms with Gasteiger partial charge in [0.05, 0.1) is 31.1 Å². The molecule has 2 aliphatic rings. The zero-order valence-corrected chi connectivity index (χ0v) is 22.8. The normalized spacial score (nSPS) is 17.2. The van der Waals surface area contributed by atoms with E-state index < -0.39 is 6.10 Å². The number of rotatable bonds is 8. The number of halogens is 1. The Labute approximate surface area is 229 Å². The molecule has 0 radical (unpaired) electrons. The Morgan fingerprint density at radius 2 is 1.87 bits per heavy atom. The number of likely N-dealkylation sites (tertiary alicyclic amines) is 1. The third kappa shape index (κ3) is 5.98. The van der Waals surface area contributed by atoms with E-state index in [9.17, 15) is 9.90 Å². The SMILES string of the molecule is COc1ccccc1NC1CCN(CC(O)Cn2nc(-c3ccc(Cl)cc3)c3c2CCN(C(C)=O)C3)CC1. The van der Waals surface area contributed by atoms with Crippen LogP contribution >= 0.6 is 11.6 Å². The summed E-state index contributed by atoms with van der Waals surface area (Å²) < 4.78 is 7.43. The van der Waals surface area contributed by atoms with Crippen LogP contribution in [0.4, 0.5) is 5.69 Å². The molecule has 1 amide bonds. The molecule has 1 saturated heterocycles. The average molecular weight is 538 g/mol. The molecule has 2 N–H and O–H groups in total. The number of piperidine rings is 1. The second-order valence-corrected chi connectivity index (χ2v) is 10.7. The number of carbonyl (C=O) groups is 1. The summed E-state index contributed by atoms with van der Waals surface area (Å²) >= 11 is 6.11. The van der Waals surface area contributed by atoms with E-state index in [1.165, 1.54) is 0 Å². The van der Waals surface area contributed by atoms with Crippen LogP contribution < -0.4 is 10.1 Å². The summed E-state index contributed by atoms with van der Waals surface area (Å²) in [4.78, 5) is 16.3. The van der Waals surface area contributed by atoms with E-state index in [0.29, 0.717) is 37.2 Å². The quantitative estimate of drug-likeness (QED) is 0.451. The van der Waals surface area contributed by atoms with E-state index in [4.69, 9.17) is 21.4 Å². The number of aliphatic hydroxyl groups is 1. The molecule has 1 unspecified atom stereocenters. The molecule has 1 fully saturated rings. The molecule has 3 heterocycles. The molecule has 38 heavy (non-hydrogen) atoms. The fourth-order valence-corrected chi connectivity index (χ4v) is 5.68. The lowest BCUT2D eigenvalue weighted by Gasteiger charge is -2.34. The van der Waals surface area contributed by atoms with Crippen LogP contribution in [0, 0.1) is 0 Å². The molecular weight excluding hydrogens is 502 g/mol. The molecule has 0 spiro atoms. The van der Waals surface area contributed by atoms with E-state index in [1.807, 2.05) is 58.1 Å². The van der Waals surface area contributed by atoms with Crippen molar-refractivity contribution >= 4 is 23.2 Å². The fourth-order valence-electron chi connectivity index (χ4n) is 5.55. The smallest absolute Gasteiger partial charge is 0.219 e. The first-order valence-corrected chi connectivity index (χ1v) is 13.7. The van der Waals surface area contributed by atoms with Gasteiger partial charge in [-0.3, -0.25) is 9.48 Å². The number of nitrogens with one attached hydrogen (secondary N) is 1. The van der Waals surface area contributed by atoms with Gasteiger partial charge in [0.1, 0.15) is 5.75 Å². The molecule has 1 aromatic heterocycles. The number of hydrogen-bond acceptors (Lipinski definition) is 6. The van der Waals surface area contributed by atoms with Crippen LogP contribution in [0.25, 0.3) is 11.3 Å². The highest BCUT2D eigenvalue weighted by molar-refractivity contribution is 6.30. The number of carbonyl (C=O) groups excluding carboxylic acids is 1. The van der Waals surface area contributed by atoms with Gasteiger partial charge >= 0.3 is 0 Å². The van der Waals surface area contributed by atoms with Crippen molar-refractivity contribution in [3.63, 3.8) is 0 Å². The minimum Gasteiger partial charge on any atom is -0.495 e. The third-order valence-electron chi connectivity index (χ3n) is 7.60. The predicted octanol–water partition coefficient (Wildman–Crippen LogP) is 4.05. The minimum atomic E-state index is -0.540. The molecule has 0 saturated carbocycles. The number of methoxy groups -OCH3 is 1. The maximum Gasteiger partial charge on any atom is 0.219 e. The van der Waals surface area contributed by atoms with Crippen LogP contribution in [0.15, 0.2) is 48.5 Å². The van der Waals surface area contributed by atoms with Gasteiger partial charge in [-0.25, -0.2) is 0 Å². The molecule has 9 heteroatoms. The predicted molar refractivity (Wildman–Crippen MR) is 150 cm³/mol. The van der Waals surface area contributed by atoms with Crippen molar-refractivity contribution in [3.8, 4) is 17.0 Å². The summed E-state index contributed by atoms with van der Waals surface area (Å²) in [5.74, 6) is 0.923. The number of anilines is 1. The highest BCUT2D eigenvalue weighted by atomic mass is 35.5. The van der Waals surface area contributed by atoms with Crippen molar-refractivity contribution < 1.29 is 14.6 Å². The van der Waals surface area contributed by atoms with Crippen molar-refractivity contribution in [1.82, 2.24) is 19.6 Å². The van der Waals surface area contributed by atoms with Crippen molar-refractivity contribution in [2.24, 2.45) is 0 Å². The van der Waals surface area contributed by atoms with Crippen LogP contribution in [0.5, 0.6) is 5.75 Å². The summed E-state index contributed by atoms with van der Waals surface area (Å²) in [6.07, 6.45) is 2.19. The maximum absolute atomic E-state index is 12.1. The molecular formula is C29H36ClN5O3. The molecule has 202 valence electrons. The molecule has 2 aliphatic heterocycles. The molecule has 2 aromatic carbocycles. The van der Waals surface area contributed by atoms with E-state index in [2.05, 4.69) is 10.2 Å². The molecule has 0 bridgehead atoms. The lowest BCUT2D eigenvalue weighted by molar-refractivity contribution is -0.129. The second-order valence-electron chi connectivity index (χ2n) is 10.2. The number of fused-ring (bicyclic) bond motifs is 1. The van der Waals surface area contributed by atoms with Crippen LogP contribution in [0.3, 0.4) is 0 Å². The minimum absolute atomic E-state index is 0.0640. The molecule has 3 aromatic rings. The van der Waals surface area contributed by atoms with Gasteiger partial charge in [-0.1, -0.05) is 35.9 Å². The van der Waals surface area contributed by atoms with Crippen LogP contribution in [-0.4, -0.2) is 76.0 Å². The lowest BCUT2D eigenvalue weighted by Crippen LogP contribution is -2.43. The van der Waals surface area contributed by atoms with Crippen LogP contribution in [-0.2, 0) is 24.3 Å². The van der Waals surface area contributed by atoms with E-state index in [1.54, 1.807) is 14.0 Å². The van der Waals surface area contributed by atoms with Crippen LogP contribution in [0.1, 0.15) is 31.0 Å². The van der Waals surface area contributed by atoms with Gasteiger partial charge in [0.2, 0.25) is 5.91 Å². The summed E-state index contributed by atoms with van der Waals surface area (Å²) in [6, 6.07) is 16.0. The number of β-amino-alcohol motifs (C(OH)–C–C–N with tert-alkyl or cyclic N) is 1. The Bertz CT molecular complexity index is 1250. The van der Waals surface area contributed by atoms with Gasteiger partial charge in [0.15, 0.2) is 0 Å². The Balaban J connectivity index is 1.23. The zero-order valence-electron chi connectivity index (χ0n) is 22.1.